The maximum Gasteiger partial charge on any atom is 0.293 e. The molecule has 130 valence electrons. The molecule has 0 aliphatic heterocycles. The van der Waals surface area contributed by atoms with Gasteiger partial charge in [-0.05, 0) is 42.8 Å². The number of aromatic nitrogens is 2. The third-order valence-corrected chi connectivity index (χ3v) is 5.80. The van der Waals surface area contributed by atoms with E-state index in [0.29, 0.717) is 11.5 Å². The Hall–Kier alpha value is -1.99. The summed E-state index contributed by atoms with van der Waals surface area (Å²) < 4.78 is 8.69. The normalized spacial score (nSPS) is 10.9. The molecule has 25 heavy (non-hydrogen) atoms. The highest BCUT2D eigenvalue weighted by atomic mass is 79.9. The molecule has 3 rings (SSSR count). The van der Waals surface area contributed by atoms with Gasteiger partial charge in [-0.25, -0.2) is 4.98 Å². The minimum atomic E-state index is -0.171. The smallest absolute Gasteiger partial charge is 0.293 e. The predicted molar refractivity (Wildman–Crippen MR) is 103 cm³/mol. The summed E-state index contributed by atoms with van der Waals surface area (Å²) in [5.74, 6) is 1.53. The van der Waals surface area contributed by atoms with E-state index in [1.54, 1.807) is 36.0 Å². The topological polar surface area (TPSA) is 51.3 Å². The Bertz CT molecular complexity index is 903. The van der Waals surface area contributed by atoms with Crippen molar-refractivity contribution < 1.29 is 9.21 Å². The zero-order chi connectivity index (χ0) is 18.0. The zero-order valence-corrected chi connectivity index (χ0v) is 16.6. The molecule has 0 radical (unpaired) electrons. The van der Waals surface area contributed by atoms with E-state index >= 15 is 0 Å². The molecule has 2 heterocycles. The van der Waals surface area contributed by atoms with Crippen molar-refractivity contribution in [1.29, 1.82) is 0 Å². The van der Waals surface area contributed by atoms with Crippen molar-refractivity contribution in [3.63, 3.8) is 0 Å². The van der Waals surface area contributed by atoms with Crippen LogP contribution in [0.5, 0.6) is 0 Å². The van der Waals surface area contributed by atoms with Crippen LogP contribution < -0.4 is 4.90 Å². The molecular weight excluding hydrogens is 402 g/mol. The molecule has 0 atom stereocenters. The highest BCUT2D eigenvalue weighted by Crippen LogP contribution is 2.25. The number of hydrogen-bond donors (Lipinski definition) is 0. The molecule has 0 N–H and O–H groups in total. The molecule has 0 saturated heterocycles. The van der Waals surface area contributed by atoms with E-state index in [2.05, 4.69) is 20.9 Å². The molecule has 5 nitrogen and oxygen atoms in total. The van der Waals surface area contributed by atoms with Gasteiger partial charge in [0, 0.05) is 36.6 Å². The number of benzene rings is 1. The van der Waals surface area contributed by atoms with Crippen LogP contribution in [0.2, 0.25) is 0 Å². The summed E-state index contributed by atoms with van der Waals surface area (Å²) in [6, 6.07) is 9.35. The molecule has 2 aromatic heterocycles. The molecule has 1 aromatic carbocycles. The van der Waals surface area contributed by atoms with E-state index in [1.807, 2.05) is 49.0 Å². The quantitative estimate of drug-likeness (QED) is 0.564. The van der Waals surface area contributed by atoms with E-state index in [9.17, 15) is 4.79 Å². The van der Waals surface area contributed by atoms with Gasteiger partial charge < -0.3 is 13.9 Å². The standard InChI is InChI=1S/C18H18BrN3O2S/c1-12-10-13(4-6-15(12)19)22(3)17(23)16-7-5-14(24-16)11-25-18-20-8-9-21(18)2/h4-10H,11H2,1-3H3. The first-order valence-electron chi connectivity index (χ1n) is 7.69. The number of hydrogen-bond acceptors (Lipinski definition) is 4. The first-order valence-corrected chi connectivity index (χ1v) is 9.46. The molecular formula is C18H18BrN3O2S. The lowest BCUT2D eigenvalue weighted by atomic mass is 10.2. The van der Waals surface area contributed by atoms with Crippen LogP contribution in [0.4, 0.5) is 5.69 Å². The van der Waals surface area contributed by atoms with Gasteiger partial charge in [0.1, 0.15) is 5.76 Å². The second-order valence-electron chi connectivity index (χ2n) is 5.67. The number of carbonyl (C=O) groups is 1. The summed E-state index contributed by atoms with van der Waals surface area (Å²) in [6.45, 7) is 1.99. The predicted octanol–water partition coefficient (Wildman–Crippen LogP) is 4.65. The number of halogens is 1. The van der Waals surface area contributed by atoms with Crippen LogP contribution >= 0.6 is 27.7 Å². The van der Waals surface area contributed by atoms with Gasteiger partial charge in [-0.1, -0.05) is 27.7 Å². The molecule has 0 aliphatic rings. The molecule has 0 spiro atoms. The number of imidazole rings is 1. The Kier molecular flexibility index (Phi) is 5.34. The number of nitrogens with zero attached hydrogens (tertiary/aromatic N) is 3. The van der Waals surface area contributed by atoms with Crippen molar-refractivity contribution in [2.24, 2.45) is 7.05 Å². The lowest BCUT2D eigenvalue weighted by molar-refractivity contribution is 0.0965. The van der Waals surface area contributed by atoms with Gasteiger partial charge in [0.15, 0.2) is 10.9 Å². The Morgan fingerprint density at radius 2 is 2.16 bits per heavy atom. The first kappa shape index (κ1) is 17.8. The van der Waals surface area contributed by atoms with Crippen LogP contribution in [0.15, 0.2) is 56.8 Å². The summed E-state index contributed by atoms with van der Waals surface area (Å²) in [6.07, 6.45) is 3.66. The maximum absolute atomic E-state index is 12.6. The maximum atomic E-state index is 12.6. The van der Waals surface area contributed by atoms with Gasteiger partial charge in [-0.2, -0.15) is 0 Å². The highest BCUT2D eigenvalue weighted by Gasteiger charge is 2.18. The van der Waals surface area contributed by atoms with Crippen molar-refractivity contribution in [3.8, 4) is 0 Å². The summed E-state index contributed by atoms with van der Waals surface area (Å²) in [4.78, 5) is 18.5. The number of rotatable bonds is 5. The van der Waals surface area contributed by atoms with E-state index in [4.69, 9.17) is 4.42 Å². The van der Waals surface area contributed by atoms with Gasteiger partial charge in [0.05, 0.1) is 5.75 Å². The fourth-order valence-electron chi connectivity index (χ4n) is 2.32. The SMILES string of the molecule is Cc1cc(N(C)C(=O)c2ccc(CSc3nccn3C)o2)ccc1Br. The summed E-state index contributed by atoms with van der Waals surface area (Å²) in [5, 5.41) is 0.909. The summed E-state index contributed by atoms with van der Waals surface area (Å²) in [7, 11) is 3.69. The van der Waals surface area contributed by atoms with E-state index < -0.39 is 0 Å². The van der Waals surface area contributed by atoms with E-state index in [-0.39, 0.29) is 5.91 Å². The average Bonchev–Trinajstić information content (AvgIpc) is 3.23. The van der Waals surface area contributed by atoms with Crippen LogP contribution in [0.25, 0.3) is 0 Å². The molecule has 1 amide bonds. The van der Waals surface area contributed by atoms with Crippen LogP contribution in [0, 0.1) is 6.92 Å². The first-order chi connectivity index (χ1) is 12.0. The summed E-state index contributed by atoms with van der Waals surface area (Å²) in [5.41, 5.74) is 1.90. The van der Waals surface area contributed by atoms with Crippen LogP contribution in [-0.4, -0.2) is 22.5 Å². The van der Waals surface area contributed by atoms with Crippen molar-refractivity contribution in [2.45, 2.75) is 17.8 Å². The number of aryl methyl sites for hydroxylation is 2. The van der Waals surface area contributed by atoms with Crippen molar-refractivity contribution in [1.82, 2.24) is 9.55 Å². The van der Waals surface area contributed by atoms with Crippen LogP contribution in [0.3, 0.4) is 0 Å². The van der Waals surface area contributed by atoms with Crippen LogP contribution in [-0.2, 0) is 12.8 Å². The van der Waals surface area contributed by atoms with Gasteiger partial charge in [0.2, 0.25) is 0 Å². The van der Waals surface area contributed by atoms with Crippen molar-refractivity contribution in [2.75, 3.05) is 11.9 Å². The number of furan rings is 1. The van der Waals surface area contributed by atoms with Gasteiger partial charge in [-0.15, -0.1) is 0 Å². The molecule has 0 saturated carbocycles. The Morgan fingerprint density at radius 3 is 2.84 bits per heavy atom. The number of thioether (sulfide) groups is 1. The number of amides is 1. The van der Waals surface area contributed by atoms with E-state index in [0.717, 1.165) is 26.6 Å². The fourth-order valence-corrected chi connectivity index (χ4v) is 3.39. The van der Waals surface area contributed by atoms with Gasteiger partial charge >= 0.3 is 0 Å². The molecule has 0 fully saturated rings. The Labute approximate surface area is 159 Å². The Balaban J connectivity index is 1.69. The van der Waals surface area contributed by atoms with Crippen LogP contribution in [0.1, 0.15) is 21.9 Å². The average molecular weight is 420 g/mol. The minimum Gasteiger partial charge on any atom is -0.455 e. The molecule has 7 heteroatoms. The second-order valence-corrected chi connectivity index (χ2v) is 7.47. The monoisotopic (exact) mass is 419 g/mol. The largest absolute Gasteiger partial charge is 0.455 e. The van der Waals surface area contributed by atoms with E-state index in [1.165, 1.54) is 0 Å². The van der Waals surface area contributed by atoms with Crippen molar-refractivity contribution in [3.05, 3.63) is 64.3 Å². The number of carbonyl (C=O) groups excluding carboxylic acids is 1. The van der Waals surface area contributed by atoms with Gasteiger partial charge in [-0.3, -0.25) is 4.79 Å². The summed E-state index contributed by atoms with van der Waals surface area (Å²) >= 11 is 5.04. The fraction of sp³-hybridized carbons (Fsp3) is 0.222. The second kappa shape index (κ2) is 7.49. The third kappa shape index (κ3) is 3.99. The highest BCUT2D eigenvalue weighted by molar-refractivity contribution is 9.10. The molecule has 3 aromatic rings. The van der Waals surface area contributed by atoms with Gasteiger partial charge in [0.25, 0.3) is 5.91 Å². The molecule has 0 bridgehead atoms. The minimum absolute atomic E-state index is 0.171. The molecule has 0 aliphatic carbocycles. The lowest BCUT2D eigenvalue weighted by Gasteiger charge is -2.17. The van der Waals surface area contributed by atoms with Crippen molar-refractivity contribution >= 4 is 39.3 Å². The number of anilines is 1. The third-order valence-electron chi connectivity index (χ3n) is 3.83. The lowest BCUT2D eigenvalue weighted by Crippen LogP contribution is -2.25. The molecule has 0 unspecified atom stereocenters. The zero-order valence-electron chi connectivity index (χ0n) is 14.2. The Morgan fingerprint density at radius 1 is 1.36 bits per heavy atom.